The molecule has 0 amide bonds. The molecule has 2 aromatic carbocycles. The largest absolute Gasteiger partial charge is 0.497 e. The lowest BCUT2D eigenvalue weighted by Crippen LogP contribution is -2.44. The van der Waals surface area contributed by atoms with E-state index in [0.717, 1.165) is 30.1 Å². The summed E-state index contributed by atoms with van der Waals surface area (Å²) in [6, 6.07) is 17.7. The molecule has 0 fully saturated rings. The van der Waals surface area contributed by atoms with Gasteiger partial charge in [0.25, 0.3) is 0 Å². The number of fused-ring (bicyclic) bond motifs is 1. The predicted molar refractivity (Wildman–Crippen MR) is 120 cm³/mol. The van der Waals surface area contributed by atoms with Crippen LogP contribution < -0.4 is 14.8 Å². The molecule has 7 heteroatoms. The van der Waals surface area contributed by atoms with Gasteiger partial charge in [-0.3, -0.25) is 0 Å². The number of hydrogen-bond acceptors (Lipinski definition) is 3. The van der Waals surface area contributed by atoms with Gasteiger partial charge in [0.2, 0.25) is 0 Å². The summed E-state index contributed by atoms with van der Waals surface area (Å²) in [5.41, 5.74) is 3.10. The molecule has 1 unspecified atom stereocenters. The first-order valence-corrected chi connectivity index (χ1v) is 10.1. The summed E-state index contributed by atoms with van der Waals surface area (Å²) in [7, 11) is 3.28. The Hall–Kier alpha value is -2.70. The summed E-state index contributed by atoms with van der Waals surface area (Å²) in [6.45, 7) is 1.65. The number of methoxy groups -OCH3 is 2. The van der Waals surface area contributed by atoms with Crippen LogP contribution in [0.1, 0.15) is 17.3 Å². The number of anilines is 1. The highest BCUT2D eigenvalue weighted by Gasteiger charge is 2.30. The molecule has 0 bridgehead atoms. The zero-order chi connectivity index (χ0) is 20.4. The third kappa shape index (κ3) is 3.91. The quantitative estimate of drug-likeness (QED) is 0.596. The van der Waals surface area contributed by atoms with E-state index in [9.17, 15) is 0 Å². The van der Waals surface area contributed by atoms with Crippen LogP contribution in [-0.2, 0) is 6.54 Å². The number of nitrogens with one attached hydrogen (secondary N) is 1. The standard InChI is InChI=1S/C22H22ClN3O2S/c1-27-17-9-10-20(28-2)18(14-17)24-22(29)26-13-12-25-11-3-4-19(25)21(26)15-5-7-16(23)8-6-15/h3-11,14,21H,12-13H2,1-2H3,(H,24,29). The first-order valence-electron chi connectivity index (χ1n) is 9.31. The molecule has 1 atom stereocenters. The van der Waals surface area contributed by atoms with Crippen molar-refractivity contribution >= 4 is 34.6 Å². The summed E-state index contributed by atoms with van der Waals surface area (Å²) < 4.78 is 13.1. The highest BCUT2D eigenvalue weighted by molar-refractivity contribution is 7.80. The number of hydrogen-bond donors (Lipinski definition) is 1. The van der Waals surface area contributed by atoms with Crippen molar-refractivity contribution < 1.29 is 9.47 Å². The summed E-state index contributed by atoms with van der Waals surface area (Å²) in [5.74, 6) is 1.44. The maximum atomic E-state index is 6.12. The van der Waals surface area contributed by atoms with Crippen molar-refractivity contribution in [2.75, 3.05) is 26.1 Å². The Balaban J connectivity index is 1.67. The van der Waals surface area contributed by atoms with Crippen molar-refractivity contribution in [2.24, 2.45) is 0 Å². The number of benzene rings is 2. The molecule has 0 spiro atoms. The Labute approximate surface area is 180 Å². The number of thiocarbonyl (C=S) groups is 1. The van der Waals surface area contributed by atoms with E-state index in [4.69, 9.17) is 33.3 Å². The Bertz CT molecular complexity index is 1020. The Morgan fingerprint density at radius 3 is 2.59 bits per heavy atom. The number of halogens is 1. The summed E-state index contributed by atoms with van der Waals surface area (Å²) in [4.78, 5) is 2.20. The van der Waals surface area contributed by atoms with Gasteiger partial charge in [-0.15, -0.1) is 0 Å². The van der Waals surface area contributed by atoms with Gasteiger partial charge in [-0.1, -0.05) is 23.7 Å². The van der Waals surface area contributed by atoms with Crippen LogP contribution in [-0.4, -0.2) is 35.3 Å². The molecule has 150 valence electrons. The number of aromatic nitrogens is 1. The van der Waals surface area contributed by atoms with E-state index in [1.807, 2.05) is 30.3 Å². The van der Waals surface area contributed by atoms with E-state index >= 15 is 0 Å². The summed E-state index contributed by atoms with van der Waals surface area (Å²) in [5, 5.41) is 4.70. The fraction of sp³-hybridized carbons (Fsp3) is 0.227. The molecule has 0 aliphatic carbocycles. The van der Waals surface area contributed by atoms with Crippen LogP contribution in [0, 0.1) is 0 Å². The van der Waals surface area contributed by atoms with Crippen molar-refractivity contribution in [3.05, 3.63) is 77.1 Å². The van der Waals surface area contributed by atoms with E-state index in [1.165, 1.54) is 5.69 Å². The molecule has 2 heterocycles. The molecule has 4 rings (SSSR count). The van der Waals surface area contributed by atoms with Gasteiger partial charge in [-0.2, -0.15) is 0 Å². The van der Waals surface area contributed by atoms with Gasteiger partial charge in [-0.25, -0.2) is 0 Å². The minimum Gasteiger partial charge on any atom is -0.497 e. The van der Waals surface area contributed by atoms with Crippen LogP contribution in [0.2, 0.25) is 5.02 Å². The lowest BCUT2D eigenvalue weighted by atomic mass is 10.0. The normalized spacial score (nSPS) is 15.6. The smallest absolute Gasteiger partial charge is 0.174 e. The molecule has 1 aliphatic rings. The first-order chi connectivity index (χ1) is 14.1. The van der Waals surface area contributed by atoms with Crippen molar-refractivity contribution in [3.63, 3.8) is 0 Å². The lowest BCUT2D eigenvalue weighted by molar-refractivity contribution is 0.293. The predicted octanol–water partition coefficient (Wildman–Crippen LogP) is 4.96. The van der Waals surface area contributed by atoms with Crippen LogP contribution in [0.4, 0.5) is 5.69 Å². The van der Waals surface area contributed by atoms with E-state index in [2.05, 4.69) is 45.2 Å². The van der Waals surface area contributed by atoms with E-state index < -0.39 is 0 Å². The molecule has 0 saturated carbocycles. The van der Waals surface area contributed by atoms with Crippen LogP contribution in [0.5, 0.6) is 11.5 Å². The zero-order valence-electron chi connectivity index (χ0n) is 16.3. The highest BCUT2D eigenvalue weighted by Crippen LogP contribution is 2.35. The van der Waals surface area contributed by atoms with E-state index in [0.29, 0.717) is 15.9 Å². The van der Waals surface area contributed by atoms with Gasteiger partial charge in [0.05, 0.1) is 25.9 Å². The minimum absolute atomic E-state index is 0.00683. The molecule has 29 heavy (non-hydrogen) atoms. The average Bonchev–Trinajstić information content (AvgIpc) is 3.22. The summed E-state index contributed by atoms with van der Waals surface area (Å²) in [6.07, 6.45) is 2.11. The third-order valence-corrected chi connectivity index (χ3v) is 5.72. The molecule has 1 N–H and O–H groups in total. The number of ether oxygens (including phenoxy) is 2. The summed E-state index contributed by atoms with van der Waals surface area (Å²) >= 11 is 11.9. The first kappa shape index (κ1) is 19.6. The molecular weight excluding hydrogens is 406 g/mol. The van der Waals surface area contributed by atoms with Crippen LogP contribution in [0.15, 0.2) is 60.8 Å². The number of nitrogens with zero attached hydrogens (tertiary/aromatic N) is 2. The molecule has 0 saturated heterocycles. The Morgan fingerprint density at radius 2 is 1.86 bits per heavy atom. The second kappa shape index (κ2) is 8.35. The van der Waals surface area contributed by atoms with Crippen LogP contribution in [0.25, 0.3) is 0 Å². The Kier molecular flexibility index (Phi) is 5.65. The maximum absolute atomic E-state index is 6.12. The molecule has 1 aromatic heterocycles. The maximum Gasteiger partial charge on any atom is 0.174 e. The highest BCUT2D eigenvalue weighted by atomic mass is 35.5. The van der Waals surface area contributed by atoms with Gasteiger partial charge in [0.1, 0.15) is 11.5 Å². The fourth-order valence-corrected chi connectivity index (χ4v) is 4.13. The Morgan fingerprint density at radius 1 is 1.07 bits per heavy atom. The molecule has 5 nitrogen and oxygen atoms in total. The fourth-order valence-electron chi connectivity index (χ4n) is 3.70. The van der Waals surface area contributed by atoms with Gasteiger partial charge >= 0.3 is 0 Å². The molecule has 3 aromatic rings. The second-order valence-electron chi connectivity index (χ2n) is 6.77. The van der Waals surface area contributed by atoms with E-state index in [-0.39, 0.29) is 6.04 Å². The van der Waals surface area contributed by atoms with Crippen LogP contribution in [0.3, 0.4) is 0 Å². The number of rotatable bonds is 4. The lowest BCUT2D eigenvalue weighted by Gasteiger charge is -2.39. The molecular formula is C22H22ClN3O2S. The van der Waals surface area contributed by atoms with Gasteiger partial charge in [0, 0.05) is 36.1 Å². The van der Waals surface area contributed by atoms with Crippen molar-refractivity contribution in [2.45, 2.75) is 12.6 Å². The van der Waals surface area contributed by atoms with Gasteiger partial charge < -0.3 is 24.3 Å². The van der Waals surface area contributed by atoms with Crippen molar-refractivity contribution in [3.8, 4) is 11.5 Å². The monoisotopic (exact) mass is 427 g/mol. The molecule has 1 aliphatic heterocycles. The third-order valence-electron chi connectivity index (χ3n) is 5.13. The SMILES string of the molecule is COc1ccc(OC)c(NC(=S)N2CCn3cccc3C2c2ccc(Cl)cc2)c1. The second-order valence-corrected chi connectivity index (χ2v) is 7.59. The van der Waals surface area contributed by atoms with Crippen LogP contribution >= 0.6 is 23.8 Å². The molecule has 0 radical (unpaired) electrons. The van der Waals surface area contributed by atoms with Crippen molar-refractivity contribution in [1.82, 2.24) is 9.47 Å². The topological polar surface area (TPSA) is 38.7 Å². The van der Waals surface area contributed by atoms with Gasteiger partial charge in [-0.05, 0) is 54.2 Å². The zero-order valence-corrected chi connectivity index (χ0v) is 17.8. The van der Waals surface area contributed by atoms with E-state index in [1.54, 1.807) is 14.2 Å². The average molecular weight is 428 g/mol. The van der Waals surface area contributed by atoms with Crippen molar-refractivity contribution in [1.29, 1.82) is 0 Å². The minimum atomic E-state index is -0.00683. The van der Waals surface area contributed by atoms with Gasteiger partial charge in [0.15, 0.2) is 5.11 Å².